The van der Waals surface area contributed by atoms with Crippen molar-refractivity contribution in [2.75, 3.05) is 26.8 Å². The molecule has 22 heavy (non-hydrogen) atoms. The number of carbonyl (C=O) groups is 1. The molecule has 5 nitrogen and oxygen atoms in total. The van der Waals surface area contributed by atoms with E-state index in [0.717, 1.165) is 38.2 Å². The van der Waals surface area contributed by atoms with Crippen molar-refractivity contribution in [3.8, 4) is 0 Å². The van der Waals surface area contributed by atoms with E-state index in [1.54, 1.807) is 17.7 Å². The van der Waals surface area contributed by atoms with Crippen LogP contribution < -0.4 is 5.43 Å². The van der Waals surface area contributed by atoms with Gasteiger partial charge in [-0.15, -0.1) is 0 Å². The third-order valence-corrected chi connectivity index (χ3v) is 4.80. The number of carbonyl (C=O) groups excluding carboxylic acids is 1. The highest BCUT2D eigenvalue weighted by Crippen LogP contribution is 2.25. The second-order valence-electron chi connectivity index (χ2n) is 6.34. The monoisotopic (exact) mass is 306 g/mol. The van der Waals surface area contributed by atoms with E-state index in [0.29, 0.717) is 17.5 Å². The molecule has 0 aromatic carbocycles. The van der Waals surface area contributed by atoms with Crippen molar-refractivity contribution < 1.29 is 9.53 Å². The number of nitrogens with zero attached hydrogens (tertiary/aromatic N) is 2. The number of likely N-dealkylation sites (tertiary alicyclic amines) is 1. The number of pyridine rings is 1. The number of aryl methyl sites for hydroxylation is 1. The molecule has 122 valence electrons. The molecule has 0 aliphatic carbocycles. The molecule has 1 fully saturated rings. The zero-order valence-corrected chi connectivity index (χ0v) is 14.0. The predicted molar refractivity (Wildman–Crippen MR) is 86.1 cm³/mol. The van der Waals surface area contributed by atoms with E-state index in [-0.39, 0.29) is 11.3 Å². The first-order valence-electron chi connectivity index (χ1n) is 7.90. The van der Waals surface area contributed by atoms with Gasteiger partial charge in [0.1, 0.15) is 5.69 Å². The summed E-state index contributed by atoms with van der Waals surface area (Å²) in [5.41, 5.74) is 1.18. The fraction of sp³-hybridized carbons (Fsp3) is 0.647. The van der Waals surface area contributed by atoms with Gasteiger partial charge >= 0.3 is 0 Å². The number of methoxy groups -OCH3 is 1. The van der Waals surface area contributed by atoms with Crippen LogP contribution in [-0.4, -0.2) is 42.2 Å². The maximum Gasteiger partial charge on any atom is 0.270 e. The van der Waals surface area contributed by atoms with Crippen LogP contribution in [-0.2, 0) is 11.8 Å². The zero-order chi connectivity index (χ0) is 16.3. The summed E-state index contributed by atoms with van der Waals surface area (Å²) in [6.45, 7) is 6.32. The Labute approximate surface area is 131 Å². The average Bonchev–Trinajstić information content (AvgIpc) is 2.50. The summed E-state index contributed by atoms with van der Waals surface area (Å²) >= 11 is 0. The van der Waals surface area contributed by atoms with Gasteiger partial charge in [-0.3, -0.25) is 9.59 Å². The summed E-state index contributed by atoms with van der Waals surface area (Å²) in [5.74, 6) is 1.08. The van der Waals surface area contributed by atoms with Crippen LogP contribution >= 0.6 is 0 Å². The van der Waals surface area contributed by atoms with E-state index in [1.165, 1.54) is 6.07 Å². The van der Waals surface area contributed by atoms with Crippen molar-refractivity contribution in [2.45, 2.75) is 26.7 Å². The highest BCUT2D eigenvalue weighted by molar-refractivity contribution is 5.92. The highest BCUT2D eigenvalue weighted by atomic mass is 16.5. The molecule has 1 saturated heterocycles. The summed E-state index contributed by atoms with van der Waals surface area (Å²) in [5, 5.41) is 0. The van der Waals surface area contributed by atoms with Crippen LogP contribution in [0.1, 0.15) is 35.9 Å². The lowest BCUT2D eigenvalue weighted by Gasteiger charge is -2.35. The largest absolute Gasteiger partial charge is 0.384 e. The lowest BCUT2D eigenvalue weighted by molar-refractivity contribution is 0.0589. The molecule has 2 rings (SSSR count). The van der Waals surface area contributed by atoms with Crippen molar-refractivity contribution in [1.82, 2.24) is 9.47 Å². The molecular formula is C17H26N2O3. The maximum absolute atomic E-state index is 12.7. The molecule has 1 aromatic rings. The van der Waals surface area contributed by atoms with E-state index < -0.39 is 0 Å². The topological polar surface area (TPSA) is 51.5 Å². The maximum atomic E-state index is 12.7. The second-order valence-corrected chi connectivity index (χ2v) is 6.34. The second kappa shape index (κ2) is 7.09. The molecular weight excluding hydrogens is 280 g/mol. The minimum atomic E-state index is -0.109. The number of hydrogen-bond acceptors (Lipinski definition) is 3. The van der Waals surface area contributed by atoms with Crippen molar-refractivity contribution in [2.24, 2.45) is 18.9 Å². The SMILES string of the molecule is COCC(C)C1CCN(C(=O)c2cc(=O)cc(C)n2C)CC1. The van der Waals surface area contributed by atoms with Gasteiger partial charge in [-0.2, -0.15) is 0 Å². The molecule has 1 atom stereocenters. The van der Waals surface area contributed by atoms with Gasteiger partial charge in [-0.1, -0.05) is 6.92 Å². The van der Waals surface area contributed by atoms with Crippen LogP contribution in [0, 0.1) is 18.8 Å². The van der Waals surface area contributed by atoms with Crippen LogP contribution in [0.25, 0.3) is 0 Å². The van der Waals surface area contributed by atoms with Crippen LogP contribution in [0.2, 0.25) is 0 Å². The molecule has 1 aliphatic heterocycles. The Hall–Kier alpha value is -1.62. The van der Waals surface area contributed by atoms with Gasteiger partial charge in [0.2, 0.25) is 0 Å². The minimum absolute atomic E-state index is 0.0406. The van der Waals surface area contributed by atoms with E-state index in [4.69, 9.17) is 4.74 Å². The Kier molecular flexibility index (Phi) is 5.40. The first-order valence-corrected chi connectivity index (χ1v) is 7.90. The average molecular weight is 306 g/mol. The summed E-state index contributed by atoms with van der Waals surface area (Å²) in [7, 11) is 3.56. The van der Waals surface area contributed by atoms with Gasteiger partial charge in [0.05, 0.1) is 0 Å². The van der Waals surface area contributed by atoms with Gasteiger partial charge in [0.15, 0.2) is 5.43 Å². The van der Waals surface area contributed by atoms with Crippen LogP contribution in [0.4, 0.5) is 0 Å². The molecule has 1 unspecified atom stereocenters. The molecule has 1 amide bonds. The summed E-state index contributed by atoms with van der Waals surface area (Å²) < 4.78 is 7.02. The summed E-state index contributed by atoms with van der Waals surface area (Å²) in [6.07, 6.45) is 1.99. The number of hydrogen-bond donors (Lipinski definition) is 0. The van der Waals surface area contributed by atoms with Crippen LogP contribution in [0.15, 0.2) is 16.9 Å². The van der Waals surface area contributed by atoms with Gasteiger partial charge in [-0.25, -0.2) is 0 Å². The molecule has 5 heteroatoms. The van der Waals surface area contributed by atoms with Gasteiger partial charge < -0.3 is 14.2 Å². The number of piperidine rings is 1. The fourth-order valence-electron chi connectivity index (χ4n) is 3.20. The first-order chi connectivity index (χ1) is 10.4. The smallest absolute Gasteiger partial charge is 0.270 e. The summed E-state index contributed by atoms with van der Waals surface area (Å²) in [4.78, 5) is 26.2. The third-order valence-electron chi connectivity index (χ3n) is 4.80. The molecule has 0 saturated carbocycles. The number of rotatable bonds is 4. The lowest BCUT2D eigenvalue weighted by Crippen LogP contribution is -2.41. The number of amides is 1. The van der Waals surface area contributed by atoms with Crippen molar-refractivity contribution in [1.29, 1.82) is 0 Å². The Bertz CT molecular complexity index is 586. The van der Waals surface area contributed by atoms with Crippen LogP contribution in [0.5, 0.6) is 0 Å². The molecule has 1 aliphatic rings. The molecule has 2 heterocycles. The fourth-order valence-corrected chi connectivity index (χ4v) is 3.20. The third kappa shape index (κ3) is 3.58. The van der Waals surface area contributed by atoms with Crippen molar-refractivity contribution >= 4 is 5.91 Å². The van der Waals surface area contributed by atoms with Gasteiger partial charge in [0.25, 0.3) is 5.91 Å². The molecule has 0 spiro atoms. The van der Waals surface area contributed by atoms with E-state index in [1.807, 2.05) is 18.9 Å². The normalized spacial score (nSPS) is 17.5. The molecule has 0 N–H and O–H groups in total. The Morgan fingerprint density at radius 1 is 1.36 bits per heavy atom. The standard InChI is InChI=1S/C17H26N2O3/c1-12(11-22-4)14-5-7-19(8-6-14)17(21)16-10-15(20)9-13(2)18(16)3/h9-10,12,14H,5-8,11H2,1-4H3. The molecule has 1 aromatic heterocycles. The minimum Gasteiger partial charge on any atom is -0.384 e. The van der Waals surface area contributed by atoms with Crippen LogP contribution in [0.3, 0.4) is 0 Å². The van der Waals surface area contributed by atoms with E-state index in [2.05, 4.69) is 6.92 Å². The van der Waals surface area contributed by atoms with Gasteiger partial charge in [0, 0.05) is 51.7 Å². The number of ether oxygens (including phenoxy) is 1. The number of aromatic nitrogens is 1. The van der Waals surface area contributed by atoms with Crippen molar-refractivity contribution in [3.63, 3.8) is 0 Å². The van der Waals surface area contributed by atoms with Gasteiger partial charge in [-0.05, 0) is 31.6 Å². The molecule has 0 radical (unpaired) electrons. The zero-order valence-electron chi connectivity index (χ0n) is 14.0. The Morgan fingerprint density at radius 3 is 2.59 bits per heavy atom. The molecule has 0 bridgehead atoms. The summed E-state index contributed by atoms with van der Waals surface area (Å²) in [6, 6.07) is 2.99. The lowest BCUT2D eigenvalue weighted by atomic mass is 9.86. The first kappa shape index (κ1) is 16.7. The van der Waals surface area contributed by atoms with E-state index >= 15 is 0 Å². The predicted octanol–water partition coefficient (Wildman–Crippen LogP) is 1.83. The van der Waals surface area contributed by atoms with E-state index in [9.17, 15) is 9.59 Å². The Morgan fingerprint density at radius 2 is 2.00 bits per heavy atom. The quantitative estimate of drug-likeness (QED) is 0.853. The Balaban J connectivity index is 2.06. The van der Waals surface area contributed by atoms with Crippen molar-refractivity contribution in [3.05, 3.63) is 33.7 Å². The highest BCUT2D eigenvalue weighted by Gasteiger charge is 2.27.